The number of aryl methyl sites for hydroxylation is 1. The fourth-order valence-corrected chi connectivity index (χ4v) is 2.55. The Kier molecular flexibility index (Phi) is 3.86. The Morgan fingerprint density at radius 3 is 2.76 bits per heavy atom. The third-order valence-electron chi connectivity index (χ3n) is 2.74. The van der Waals surface area contributed by atoms with Crippen LogP contribution in [0.3, 0.4) is 0 Å². The van der Waals surface area contributed by atoms with Gasteiger partial charge >= 0.3 is 0 Å². The highest BCUT2D eigenvalue weighted by molar-refractivity contribution is 7.98. The summed E-state index contributed by atoms with van der Waals surface area (Å²) in [6.45, 7) is 0. The first-order valence-electron chi connectivity index (χ1n) is 5.57. The first-order chi connectivity index (χ1) is 8.20. The first kappa shape index (κ1) is 12.2. The van der Waals surface area contributed by atoms with Gasteiger partial charge in [-0.25, -0.2) is 0 Å². The molecule has 1 heterocycles. The molecule has 2 rings (SSSR count). The van der Waals surface area contributed by atoms with Gasteiger partial charge in [-0.05, 0) is 24.0 Å². The van der Waals surface area contributed by atoms with E-state index in [4.69, 9.17) is 5.73 Å². The van der Waals surface area contributed by atoms with E-state index in [9.17, 15) is 0 Å². The van der Waals surface area contributed by atoms with Crippen molar-refractivity contribution in [1.29, 1.82) is 0 Å². The molecule has 17 heavy (non-hydrogen) atoms. The lowest BCUT2D eigenvalue weighted by molar-refractivity contribution is 0.667. The van der Waals surface area contributed by atoms with E-state index in [1.165, 1.54) is 10.5 Å². The number of nitrogens with zero attached hydrogens (tertiary/aromatic N) is 2. The highest BCUT2D eigenvalue weighted by Crippen LogP contribution is 2.26. The summed E-state index contributed by atoms with van der Waals surface area (Å²) in [7, 11) is 1.92. The largest absolute Gasteiger partial charge is 0.324 e. The molecule has 0 aliphatic rings. The topological polar surface area (TPSA) is 43.8 Å². The van der Waals surface area contributed by atoms with Crippen LogP contribution in [0.1, 0.15) is 17.3 Å². The lowest BCUT2D eigenvalue weighted by Crippen LogP contribution is -2.14. The van der Waals surface area contributed by atoms with Crippen molar-refractivity contribution in [1.82, 2.24) is 9.78 Å². The third kappa shape index (κ3) is 2.90. The Morgan fingerprint density at radius 2 is 2.12 bits per heavy atom. The average Bonchev–Trinajstić information content (AvgIpc) is 2.74. The quantitative estimate of drug-likeness (QED) is 0.844. The first-order valence-corrected chi connectivity index (χ1v) is 6.80. The van der Waals surface area contributed by atoms with Gasteiger partial charge in [-0.15, -0.1) is 11.8 Å². The molecular formula is C13H17N3S. The van der Waals surface area contributed by atoms with Crippen LogP contribution in [0.4, 0.5) is 0 Å². The number of hydrogen-bond donors (Lipinski definition) is 1. The van der Waals surface area contributed by atoms with Crippen LogP contribution in [0.5, 0.6) is 0 Å². The van der Waals surface area contributed by atoms with Crippen molar-refractivity contribution in [3.8, 4) is 0 Å². The fourth-order valence-electron chi connectivity index (χ4n) is 1.88. The molecule has 0 spiro atoms. The van der Waals surface area contributed by atoms with Crippen LogP contribution in [0.15, 0.2) is 41.4 Å². The predicted octanol–water partition coefficient (Wildman–Crippen LogP) is 2.38. The highest BCUT2D eigenvalue weighted by Gasteiger charge is 2.12. The zero-order chi connectivity index (χ0) is 12.3. The summed E-state index contributed by atoms with van der Waals surface area (Å²) in [5.41, 5.74) is 8.49. The van der Waals surface area contributed by atoms with Crippen molar-refractivity contribution < 1.29 is 0 Å². The van der Waals surface area contributed by atoms with Gasteiger partial charge in [-0.2, -0.15) is 5.10 Å². The Bertz CT molecular complexity index is 493. The van der Waals surface area contributed by atoms with Crippen molar-refractivity contribution in [2.75, 3.05) is 6.26 Å². The molecule has 1 aromatic carbocycles. The molecule has 1 aromatic heterocycles. The number of thioether (sulfide) groups is 1. The summed E-state index contributed by atoms with van der Waals surface area (Å²) in [4.78, 5) is 1.25. The maximum atomic E-state index is 6.25. The molecule has 4 heteroatoms. The number of rotatable bonds is 4. The summed E-state index contributed by atoms with van der Waals surface area (Å²) in [6.07, 6.45) is 4.80. The normalized spacial score (nSPS) is 12.6. The molecule has 0 saturated heterocycles. The van der Waals surface area contributed by atoms with Gasteiger partial charge in [0.2, 0.25) is 0 Å². The van der Waals surface area contributed by atoms with Crippen LogP contribution in [0, 0.1) is 0 Å². The maximum Gasteiger partial charge on any atom is 0.0643 e. The van der Waals surface area contributed by atoms with Crippen LogP contribution in [-0.4, -0.2) is 16.0 Å². The Balaban J connectivity index is 2.16. The lowest BCUT2D eigenvalue weighted by atomic mass is 10.0. The van der Waals surface area contributed by atoms with E-state index in [1.54, 1.807) is 11.8 Å². The fraction of sp³-hybridized carbons (Fsp3) is 0.308. The number of benzene rings is 1. The highest BCUT2D eigenvalue weighted by atomic mass is 32.2. The van der Waals surface area contributed by atoms with Crippen LogP contribution >= 0.6 is 11.8 Å². The van der Waals surface area contributed by atoms with Gasteiger partial charge in [0.25, 0.3) is 0 Å². The van der Waals surface area contributed by atoms with E-state index in [0.717, 1.165) is 12.1 Å². The SMILES string of the molecule is CSc1ccccc1C(N)Cc1ccn(C)n1. The van der Waals surface area contributed by atoms with E-state index in [2.05, 4.69) is 23.5 Å². The second kappa shape index (κ2) is 5.38. The minimum Gasteiger partial charge on any atom is -0.324 e. The molecule has 0 amide bonds. The van der Waals surface area contributed by atoms with Gasteiger partial charge in [0, 0.05) is 30.6 Å². The molecule has 2 aromatic rings. The van der Waals surface area contributed by atoms with E-state index >= 15 is 0 Å². The van der Waals surface area contributed by atoms with Crippen LogP contribution < -0.4 is 5.73 Å². The minimum atomic E-state index is 0.00792. The summed E-state index contributed by atoms with van der Waals surface area (Å²) >= 11 is 1.73. The van der Waals surface area contributed by atoms with Gasteiger partial charge < -0.3 is 5.73 Å². The van der Waals surface area contributed by atoms with Crippen LogP contribution in [0.2, 0.25) is 0 Å². The Morgan fingerprint density at radius 1 is 1.35 bits per heavy atom. The lowest BCUT2D eigenvalue weighted by Gasteiger charge is -2.14. The molecule has 0 aliphatic carbocycles. The molecule has 0 bridgehead atoms. The van der Waals surface area contributed by atoms with E-state index in [0.29, 0.717) is 0 Å². The van der Waals surface area contributed by atoms with Crippen molar-refractivity contribution in [3.05, 3.63) is 47.8 Å². The monoisotopic (exact) mass is 247 g/mol. The minimum absolute atomic E-state index is 0.00792. The Labute approximate surface area is 106 Å². The van der Waals surface area contributed by atoms with Crippen molar-refractivity contribution in [2.45, 2.75) is 17.4 Å². The van der Waals surface area contributed by atoms with Gasteiger partial charge in [0.15, 0.2) is 0 Å². The van der Waals surface area contributed by atoms with Gasteiger partial charge in [0.05, 0.1) is 5.69 Å². The summed E-state index contributed by atoms with van der Waals surface area (Å²) < 4.78 is 1.81. The number of aromatic nitrogens is 2. The average molecular weight is 247 g/mol. The smallest absolute Gasteiger partial charge is 0.0643 e. The second-order valence-electron chi connectivity index (χ2n) is 4.03. The van der Waals surface area contributed by atoms with E-state index in [1.807, 2.05) is 36.1 Å². The molecule has 2 N–H and O–H groups in total. The van der Waals surface area contributed by atoms with Gasteiger partial charge in [-0.3, -0.25) is 4.68 Å². The van der Waals surface area contributed by atoms with E-state index in [-0.39, 0.29) is 6.04 Å². The second-order valence-corrected chi connectivity index (χ2v) is 4.88. The molecule has 3 nitrogen and oxygen atoms in total. The number of hydrogen-bond acceptors (Lipinski definition) is 3. The molecule has 0 aliphatic heterocycles. The molecule has 0 saturated carbocycles. The summed E-state index contributed by atoms with van der Waals surface area (Å²) in [5.74, 6) is 0. The molecule has 90 valence electrons. The third-order valence-corrected chi connectivity index (χ3v) is 3.55. The number of nitrogens with two attached hydrogens (primary N) is 1. The zero-order valence-electron chi connectivity index (χ0n) is 10.1. The van der Waals surface area contributed by atoms with Crippen LogP contribution in [-0.2, 0) is 13.5 Å². The summed E-state index contributed by atoms with van der Waals surface area (Å²) in [5, 5.41) is 4.36. The summed E-state index contributed by atoms with van der Waals surface area (Å²) in [6, 6.07) is 10.3. The molecule has 0 fully saturated rings. The maximum absolute atomic E-state index is 6.25. The van der Waals surface area contributed by atoms with E-state index < -0.39 is 0 Å². The standard InChI is InChI=1S/C13H17N3S/c1-16-8-7-10(15-16)9-12(14)11-5-3-4-6-13(11)17-2/h3-8,12H,9,14H2,1-2H3. The molecule has 1 atom stereocenters. The van der Waals surface area contributed by atoms with Gasteiger partial charge in [0.1, 0.15) is 0 Å². The molecular weight excluding hydrogens is 230 g/mol. The van der Waals surface area contributed by atoms with Crippen molar-refractivity contribution >= 4 is 11.8 Å². The molecule has 1 unspecified atom stereocenters. The van der Waals surface area contributed by atoms with Gasteiger partial charge in [-0.1, -0.05) is 18.2 Å². The zero-order valence-corrected chi connectivity index (χ0v) is 10.9. The Hall–Kier alpha value is -1.26. The van der Waals surface area contributed by atoms with Crippen molar-refractivity contribution in [2.24, 2.45) is 12.8 Å². The molecule has 0 radical (unpaired) electrons. The van der Waals surface area contributed by atoms with Crippen molar-refractivity contribution in [3.63, 3.8) is 0 Å². The predicted molar refractivity (Wildman–Crippen MR) is 72.1 cm³/mol. The van der Waals surface area contributed by atoms with Crippen LogP contribution in [0.25, 0.3) is 0 Å².